The Kier molecular flexibility index (Phi) is 5.91. The molecule has 1 saturated heterocycles. The number of carbonyl (C=O) groups excluding carboxylic acids is 1. The molecule has 8 nitrogen and oxygen atoms in total. The van der Waals surface area contributed by atoms with Crippen molar-refractivity contribution in [3.63, 3.8) is 0 Å². The number of nitrogens with zero attached hydrogens (tertiary/aromatic N) is 6. The van der Waals surface area contributed by atoms with Gasteiger partial charge in [0.1, 0.15) is 17.6 Å². The Morgan fingerprint density at radius 3 is 2.39 bits per heavy atom. The number of aromatic nitrogens is 3. The van der Waals surface area contributed by atoms with Gasteiger partial charge in [-0.25, -0.2) is 9.07 Å². The lowest BCUT2D eigenvalue weighted by Gasteiger charge is -2.36. The van der Waals surface area contributed by atoms with Crippen LogP contribution in [0.5, 0.6) is 5.75 Å². The summed E-state index contributed by atoms with van der Waals surface area (Å²) in [5.41, 5.74) is 1.74. The molecule has 0 spiro atoms. The number of hydrogen-bond acceptors (Lipinski definition) is 6. The molecule has 0 bridgehead atoms. The highest BCUT2D eigenvalue weighted by Gasteiger charge is 2.28. The van der Waals surface area contributed by atoms with E-state index in [2.05, 4.69) is 21.3 Å². The lowest BCUT2D eigenvalue weighted by Crippen LogP contribution is -2.49. The number of hydrogen-bond donors (Lipinski definition) is 0. The van der Waals surface area contributed by atoms with Gasteiger partial charge in [-0.15, -0.1) is 5.10 Å². The molecule has 1 amide bonds. The van der Waals surface area contributed by atoms with Gasteiger partial charge in [0.15, 0.2) is 5.69 Å². The molecule has 3 aromatic rings. The van der Waals surface area contributed by atoms with Crippen molar-refractivity contribution >= 4 is 5.91 Å². The molecule has 0 radical (unpaired) electrons. The van der Waals surface area contributed by atoms with Crippen molar-refractivity contribution in [1.29, 1.82) is 5.26 Å². The zero-order valence-corrected chi connectivity index (χ0v) is 17.0. The van der Waals surface area contributed by atoms with Crippen LogP contribution < -0.4 is 4.74 Å². The van der Waals surface area contributed by atoms with Crippen molar-refractivity contribution in [1.82, 2.24) is 24.8 Å². The molecule has 158 valence electrons. The molecule has 9 heteroatoms. The van der Waals surface area contributed by atoms with E-state index in [1.165, 1.54) is 23.0 Å². The molecule has 31 heavy (non-hydrogen) atoms. The van der Waals surface area contributed by atoms with Gasteiger partial charge < -0.3 is 9.64 Å². The molecule has 0 aliphatic carbocycles. The highest BCUT2D eigenvalue weighted by atomic mass is 19.1. The van der Waals surface area contributed by atoms with Crippen LogP contribution in [0.2, 0.25) is 0 Å². The van der Waals surface area contributed by atoms with Gasteiger partial charge >= 0.3 is 0 Å². The predicted molar refractivity (Wildman–Crippen MR) is 110 cm³/mol. The lowest BCUT2D eigenvalue weighted by molar-refractivity contribution is 0.0600. The quantitative estimate of drug-likeness (QED) is 0.630. The third kappa shape index (κ3) is 4.39. The van der Waals surface area contributed by atoms with E-state index in [4.69, 9.17) is 4.74 Å². The summed E-state index contributed by atoms with van der Waals surface area (Å²) in [6, 6.07) is 15.2. The number of methoxy groups -OCH3 is 1. The molecule has 2 aromatic carbocycles. The van der Waals surface area contributed by atoms with Crippen molar-refractivity contribution in [2.24, 2.45) is 0 Å². The van der Waals surface area contributed by atoms with Gasteiger partial charge in [0.2, 0.25) is 0 Å². The number of rotatable bonds is 5. The molecular weight excluding hydrogens is 399 g/mol. The first-order valence-corrected chi connectivity index (χ1v) is 9.84. The van der Waals surface area contributed by atoms with Gasteiger partial charge in [0.05, 0.1) is 25.1 Å². The molecule has 1 fully saturated rings. The number of piperazine rings is 1. The molecule has 1 aromatic heterocycles. The standard InChI is InChI=1S/C22H21FN6O2/c1-31-19-8-2-16(3-9-19)21(14-24)27-10-12-28(13-11-27)22(30)20-15-29(26-25-20)18-6-4-17(23)5-7-18/h2-9,15,21H,10-13H2,1H3. The van der Waals surface area contributed by atoms with Gasteiger partial charge in [0, 0.05) is 26.2 Å². The van der Waals surface area contributed by atoms with Gasteiger partial charge in [-0.3, -0.25) is 9.69 Å². The summed E-state index contributed by atoms with van der Waals surface area (Å²) < 4.78 is 19.7. The first-order chi connectivity index (χ1) is 15.1. The minimum atomic E-state index is -0.387. The van der Waals surface area contributed by atoms with Crippen molar-refractivity contribution in [3.05, 3.63) is 71.8 Å². The number of ether oxygens (including phenoxy) is 1. The molecule has 2 heterocycles. The van der Waals surface area contributed by atoms with E-state index in [9.17, 15) is 14.4 Å². The largest absolute Gasteiger partial charge is 0.497 e. The van der Waals surface area contributed by atoms with E-state index in [1.54, 1.807) is 24.1 Å². The molecule has 4 rings (SSSR count). The third-order valence-electron chi connectivity index (χ3n) is 5.32. The molecule has 0 saturated carbocycles. The number of halogens is 1. The van der Waals surface area contributed by atoms with Crippen LogP contribution in [0.25, 0.3) is 5.69 Å². The fourth-order valence-electron chi connectivity index (χ4n) is 3.58. The van der Waals surface area contributed by atoms with E-state index < -0.39 is 0 Å². The monoisotopic (exact) mass is 420 g/mol. The topological polar surface area (TPSA) is 87.3 Å². The van der Waals surface area contributed by atoms with Gasteiger partial charge in [0.25, 0.3) is 5.91 Å². The Morgan fingerprint density at radius 2 is 1.77 bits per heavy atom. The van der Waals surface area contributed by atoms with Gasteiger partial charge in [-0.2, -0.15) is 5.26 Å². The Labute approximate surface area is 179 Å². The van der Waals surface area contributed by atoms with E-state index in [1.807, 2.05) is 24.3 Å². The highest BCUT2D eigenvalue weighted by Crippen LogP contribution is 2.24. The average molecular weight is 420 g/mol. The molecular formula is C22H21FN6O2. The second-order valence-electron chi connectivity index (χ2n) is 7.16. The summed E-state index contributed by atoms with van der Waals surface area (Å²) in [6.45, 7) is 2.11. The van der Waals surface area contributed by atoms with Crippen LogP contribution in [0.15, 0.2) is 54.7 Å². The fourth-order valence-corrected chi connectivity index (χ4v) is 3.58. The Hall–Kier alpha value is -3.77. The van der Waals surface area contributed by atoms with Crippen LogP contribution >= 0.6 is 0 Å². The van der Waals surface area contributed by atoms with Gasteiger partial charge in [-0.1, -0.05) is 17.3 Å². The summed E-state index contributed by atoms with van der Waals surface area (Å²) in [5.74, 6) is 0.179. The van der Waals surface area contributed by atoms with Crippen molar-refractivity contribution < 1.29 is 13.9 Å². The summed E-state index contributed by atoms with van der Waals surface area (Å²) in [5, 5.41) is 17.6. The molecule has 1 aliphatic rings. The molecule has 1 atom stereocenters. The van der Waals surface area contributed by atoms with E-state index >= 15 is 0 Å². The van der Waals surface area contributed by atoms with Gasteiger partial charge in [-0.05, 0) is 42.0 Å². The number of nitriles is 1. The summed E-state index contributed by atoms with van der Waals surface area (Å²) in [7, 11) is 1.60. The van der Waals surface area contributed by atoms with E-state index in [0.29, 0.717) is 31.9 Å². The van der Waals surface area contributed by atoms with E-state index in [0.717, 1.165) is 11.3 Å². The number of amides is 1. The van der Waals surface area contributed by atoms with Crippen LogP contribution in [-0.2, 0) is 0 Å². The maximum absolute atomic E-state index is 13.1. The van der Waals surface area contributed by atoms with E-state index in [-0.39, 0.29) is 23.5 Å². The third-order valence-corrected chi connectivity index (χ3v) is 5.32. The first-order valence-electron chi connectivity index (χ1n) is 9.84. The van der Waals surface area contributed by atoms with Crippen LogP contribution in [0.4, 0.5) is 4.39 Å². The maximum Gasteiger partial charge on any atom is 0.276 e. The number of benzene rings is 2. The summed E-state index contributed by atoms with van der Waals surface area (Å²) >= 11 is 0. The lowest BCUT2D eigenvalue weighted by atomic mass is 10.1. The van der Waals surface area contributed by atoms with Crippen molar-refractivity contribution in [2.75, 3.05) is 33.3 Å². The molecule has 0 N–H and O–H groups in total. The van der Waals surface area contributed by atoms with Crippen LogP contribution in [-0.4, -0.2) is 64.0 Å². The Morgan fingerprint density at radius 1 is 1.10 bits per heavy atom. The first kappa shape index (κ1) is 20.5. The second kappa shape index (κ2) is 8.93. The normalized spacial score (nSPS) is 15.3. The number of carbonyl (C=O) groups is 1. The summed E-state index contributed by atoms with van der Waals surface area (Å²) in [4.78, 5) is 16.6. The zero-order valence-electron chi connectivity index (χ0n) is 17.0. The fraction of sp³-hybridized carbons (Fsp3) is 0.273. The Balaban J connectivity index is 1.39. The second-order valence-corrected chi connectivity index (χ2v) is 7.16. The zero-order chi connectivity index (χ0) is 21.8. The minimum absolute atomic E-state index is 0.217. The van der Waals surface area contributed by atoms with Crippen molar-refractivity contribution in [3.8, 4) is 17.5 Å². The van der Waals surface area contributed by atoms with Crippen LogP contribution in [0.3, 0.4) is 0 Å². The highest BCUT2D eigenvalue weighted by molar-refractivity contribution is 5.92. The minimum Gasteiger partial charge on any atom is -0.497 e. The maximum atomic E-state index is 13.1. The molecule has 1 unspecified atom stereocenters. The summed E-state index contributed by atoms with van der Waals surface area (Å²) in [6.07, 6.45) is 1.54. The van der Waals surface area contributed by atoms with Crippen LogP contribution in [0.1, 0.15) is 22.1 Å². The predicted octanol–water partition coefficient (Wildman–Crippen LogP) is 2.44. The smallest absolute Gasteiger partial charge is 0.276 e. The SMILES string of the molecule is COc1ccc(C(C#N)N2CCN(C(=O)c3cn(-c4ccc(F)cc4)nn3)CC2)cc1. The average Bonchev–Trinajstić information content (AvgIpc) is 3.31. The molecule has 1 aliphatic heterocycles. The van der Waals surface area contributed by atoms with Crippen molar-refractivity contribution in [2.45, 2.75) is 6.04 Å². The van der Waals surface area contributed by atoms with Crippen LogP contribution in [0, 0.1) is 17.1 Å². The Bertz CT molecular complexity index is 1080.